The van der Waals surface area contributed by atoms with E-state index in [0.717, 1.165) is 4.90 Å². The number of hydrogen-bond acceptors (Lipinski definition) is 5. The van der Waals surface area contributed by atoms with Crippen LogP contribution in [0.25, 0.3) is 0 Å². The normalized spacial score (nSPS) is 19.2. The van der Waals surface area contributed by atoms with E-state index in [9.17, 15) is 19.2 Å². The molecule has 0 N–H and O–H groups in total. The van der Waals surface area contributed by atoms with Gasteiger partial charge in [0.25, 0.3) is 17.7 Å². The molecule has 2 aliphatic heterocycles. The lowest BCUT2D eigenvalue weighted by atomic mass is 10.0. The van der Waals surface area contributed by atoms with Gasteiger partial charge in [0.2, 0.25) is 5.91 Å². The number of likely N-dealkylation sites (N-methyl/N-ethyl adjacent to an activating group) is 1. The number of nitrogens with zero attached hydrogens (tertiary/aromatic N) is 3. The number of hydrogen-bond donors (Lipinski definition) is 0. The average Bonchev–Trinajstić information content (AvgIpc) is 3.32. The third kappa shape index (κ3) is 3.10. The van der Waals surface area contributed by atoms with Gasteiger partial charge in [-0.3, -0.25) is 24.1 Å². The van der Waals surface area contributed by atoms with E-state index in [1.165, 1.54) is 24.5 Å². The largest absolute Gasteiger partial charge is 0.467 e. The Morgan fingerprint density at radius 1 is 1.10 bits per heavy atom. The molecule has 150 valence electrons. The molecule has 2 aliphatic rings. The average molecular weight is 395 g/mol. The summed E-state index contributed by atoms with van der Waals surface area (Å²) in [7, 11) is 1.72. The van der Waals surface area contributed by atoms with E-state index in [0.29, 0.717) is 30.8 Å². The SMILES string of the molecule is CCC1C(=O)N(C)CCN1C(=O)c1ccc2c(c1)C(=O)N(Cc1ccco1)C2=O. The number of imide groups is 1. The van der Waals surface area contributed by atoms with Crippen LogP contribution >= 0.6 is 0 Å². The van der Waals surface area contributed by atoms with E-state index in [1.54, 1.807) is 29.0 Å². The molecule has 1 atom stereocenters. The maximum absolute atomic E-state index is 13.1. The summed E-state index contributed by atoms with van der Waals surface area (Å²) in [6.45, 7) is 2.78. The van der Waals surface area contributed by atoms with Crippen LogP contribution < -0.4 is 0 Å². The summed E-state index contributed by atoms with van der Waals surface area (Å²) in [5.74, 6) is -0.785. The molecule has 29 heavy (non-hydrogen) atoms. The third-order valence-corrected chi connectivity index (χ3v) is 5.47. The molecule has 1 unspecified atom stereocenters. The topological polar surface area (TPSA) is 91.1 Å². The molecule has 4 rings (SSSR count). The van der Waals surface area contributed by atoms with Crippen molar-refractivity contribution in [2.75, 3.05) is 20.1 Å². The van der Waals surface area contributed by atoms with Crippen molar-refractivity contribution < 1.29 is 23.6 Å². The first kappa shape index (κ1) is 18.9. The van der Waals surface area contributed by atoms with Crippen molar-refractivity contribution in [2.24, 2.45) is 0 Å². The number of benzene rings is 1. The van der Waals surface area contributed by atoms with Gasteiger partial charge in [-0.05, 0) is 36.8 Å². The maximum atomic E-state index is 13.1. The predicted molar refractivity (Wildman–Crippen MR) is 102 cm³/mol. The van der Waals surface area contributed by atoms with Crippen molar-refractivity contribution >= 4 is 23.6 Å². The van der Waals surface area contributed by atoms with Crippen molar-refractivity contribution in [3.05, 3.63) is 59.0 Å². The lowest BCUT2D eigenvalue weighted by Gasteiger charge is -2.38. The molecule has 0 bridgehead atoms. The van der Waals surface area contributed by atoms with E-state index >= 15 is 0 Å². The number of piperazine rings is 1. The lowest BCUT2D eigenvalue weighted by Crippen LogP contribution is -2.57. The van der Waals surface area contributed by atoms with Gasteiger partial charge in [0.15, 0.2) is 0 Å². The van der Waals surface area contributed by atoms with Crippen LogP contribution in [0.15, 0.2) is 41.0 Å². The summed E-state index contributed by atoms with van der Waals surface area (Å²) in [4.78, 5) is 55.1. The Labute approximate surface area is 167 Å². The summed E-state index contributed by atoms with van der Waals surface area (Å²) in [5, 5.41) is 0. The molecule has 0 spiro atoms. The van der Waals surface area contributed by atoms with Crippen molar-refractivity contribution in [3.63, 3.8) is 0 Å². The smallest absolute Gasteiger partial charge is 0.261 e. The summed E-state index contributed by atoms with van der Waals surface area (Å²) in [6, 6.07) is 7.35. The molecular formula is C21H21N3O5. The zero-order chi connectivity index (χ0) is 20.7. The van der Waals surface area contributed by atoms with Gasteiger partial charge in [0, 0.05) is 25.7 Å². The number of fused-ring (bicyclic) bond motifs is 1. The molecule has 4 amide bonds. The fourth-order valence-electron chi connectivity index (χ4n) is 3.84. The zero-order valence-electron chi connectivity index (χ0n) is 16.3. The maximum Gasteiger partial charge on any atom is 0.261 e. The number of amides is 4. The van der Waals surface area contributed by atoms with Gasteiger partial charge in [-0.1, -0.05) is 6.92 Å². The molecule has 8 heteroatoms. The molecule has 3 heterocycles. The van der Waals surface area contributed by atoms with Crippen LogP contribution in [0.1, 0.15) is 50.2 Å². The minimum atomic E-state index is -0.526. The van der Waals surface area contributed by atoms with E-state index in [4.69, 9.17) is 4.42 Å². The Hall–Kier alpha value is -3.42. The van der Waals surface area contributed by atoms with Gasteiger partial charge in [0.1, 0.15) is 11.8 Å². The van der Waals surface area contributed by atoms with Gasteiger partial charge in [-0.15, -0.1) is 0 Å². The van der Waals surface area contributed by atoms with Crippen molar-refractivity contribution in [1.82, 2.24) is 14.7 Å². The molecule has 0 radical (unpaired) electrons. The second-order valence-corrected chi connectivity index (χ2v) is 7.22. The van der Waals surface area contributed by atoms with Gasteiger partial charge in [0.05, 0.1) is 23.9 Å². The number of furan rings is 1. The van der Waals surface area contributed by atoms with Crippen LogP contribution in [0.5, 0.6) is 0 Å². The highest BCUT2D eigenvalue weighted by atomic mass is 16.3. The van der Waals surface area contributed by atoms with Crippen LogP contribution in [-0.2, 0) is 11.3 Å². The first-order chi connectivity index (χ1) is 13.9. The van der Waals surface area contributed by atoms with Crippen LogP contribution in [0.4, 0.5) is 0 Å². The molecule has 1 aromatic heterocycles. The van der Waals surface area contributed by atoms with E-state index < -0.39 is 17.9 Å². The first-order valence-corrected chi connectivity index (χ1v) is 9.51. The summed E-state index contributed by atoms with van der Waals surface area (Å²) >= 11 is 0. The van der Waals surface area contributed by atoms with Crippen molar-refractivity contribution in [2.45, 2.75) is 25.9 Å². The molecule has 1 fully saturated rings. The minimum absolute atomic E-state index is 0.0352. The number of rotatable bonds is 4. The van der Waals surface area contributed by atoms with Crippen LogP contribution in [-0.4, -0.2) is 64.5 Å². The standard InChI is InChI=1S/C21H21N3O5/c1-3-17-21(28)22(2)8-9-23(17)18(25)13-6-7-15-16(11-13)20(27)24(19(15)26)12-14-5-4-10-29-14/h4-7,10-11,17H,3,8-9,12H2,1-2H3. The Bertz CT molecular complexity index is 998. The van der Waals surface area contributed by atoms with Gasteiger partial charge in [-0.2, -0.15) is 0 Å². The number of carbonyl (C=O) groups excluding carboxylic acids is 4. The van der Waals surface area contributed by atoms with Gasteiger partial charge >= 0.3 is 0 Å². The lowest BCUT2D eigenvalue weighted by molar-refractivity contribution is -0.138. The zero-order valence-corrected chi connectivity index (χ0v) is 16.3. The minimum Gasteiger partial charge on any atom is -0.467 e. The molecule has 0 saturated carbocycles. The molecule has 2 aromatic rings. The second-order valence-electron chi connectivity index (χ2n) is 7.22. The Morgan fingerprint density at radius 3 is 2.55 bits per heavy atom. The molecule has 1 saturated heterocycles. The highest BCUT2D eigenvalue weighted by molar-refractivity contribution is 6.22. The quantitative estimate of drug-likeness (QED) is 0.736. The van der Waals surface area contributed by atoms with E-state index in [2.05, 4.69) is 0 Å². The third-order valence-electron chi connectivity index (χ3n) is 5.47. The fourth-order valence-corrected chi connectivity index (χ4v) is 3.84. The predicted octanol–water partition coefficient (Wildman–Crippen LogP) is 1.77. The van der Waals surface area contributed by atoms with Crippen LogP contribution in [0.2, 0.25) is 0 Å². The number of carbonyl (C=O) groups is 4. The van der Waals surface area contributed by atoms with E-state index in [1.807, 2.05) is 6.92 Å². The summed E-state index contributed by atoms with van der Waals surface area (Å²) in [6.07, 6.45) is 1.99. The fraction of sp³-hybridized carbons (Fsp3) is 0.333. The molecule has 8 nitrogen and oxygen atoms in total. The summed E-state index contributed by atoms with van der Waals surface area (Å²) in [5.41, 5.74) is 0.751. The Balaban J connectivity index is 1.60. The van der Waals surface area contributed by atoms with Gasteiger partial charge in [-0.25, -0.2) is 0 Å². The first-order valence-electron chi connectivity index (χ1n) is 9.51. The monoisotopic (exact) mass is 395 g/mol. The Morgan fingerprint density at radius 2 is 1.86 bits per heavy atom. The van der Waals surface area contributed by atoms with Crippen molar-refractivity contribution in [3.8, 4) is 0 Å². The highest BCUT2D eigenvalue weighted by Crippen LogP contribution is 2.27. The molecule has 0 aliphatic carbocycles. The van der Waals surface area contributed by atoms with Crippen LogP contribution in [0.3, 0.4) is 0 Å². The molecule has 1 aromatic carbocycles. The van der Waals surface area contributed by atoms with Gasteiger partial charge < -0.3 is 14.2 Å². The highest BCUT2D eigenvalue weighted by Gasteiger charge is 2.38. The Kier molecular flexibility index (Phi) is 4.70. The molecular weight excluding hydrogens is 374 g/mol. The van der Waals surface area contributed by atoms with Crippen LogP contribution in [0, 0.1) is 0 Å². The summed E-state index contributed by atoms with van der Waals surface area (Å²) < 4.78 is 5.23. The second kappa shape index (κ2) is 7.20. The van der Waals surface area contributed by atoms with E-state index in [-0.39, 0.29) is 29.5 Å². The van der Waals surface area contributed by atoms with Crippen molar-refractivity contribution in [1.29, 1.82) is 0 Å².